The van der Waals surface area contributed by atoms with Crippen molar-refractivity contribution in [2.24, 2.45) is 0 Å². The van der Waals surface area contributed by atoms with Gasteiger partial charge in [0, 0.05) is 17.2 Å². The number of carboxylic acids is 1. The Hall–Kier alpha value is -2.70. The number of carboxylic acid groups (broad SMARTS) is 1. The molecule has 0 saturated carbocycles. The zero-order valence-electron chi connectivity index (χ0n) is 11.5. The Bertz CT molecular complexity index is 583. The third-order valence-corrected chi connectivity index (χ3v) is 2.92. The number of aryl methyl sites for hydroxylation is 1. The summed E-state index contributed by atoms with van der Waals surface area (Å²) in [5.74, 6) is -1.71. The van der Waals surface area contributed by atoms with E-state index in [1.54, 1.807) is 6.08 Å². The Kier molecular flexibility index (Phi) is 5.59. The van der Waals surface area contributed by atoms with Crippen molar-refractivity contribution >= 4 is 17.6 Å². The summed E-state index contributed by atoms with van der Waals surface area (Å²) in [6, 6.07) is 2.86. The number of carbonyl (C=O) groups is 2. The lowest BCUT2D eigenvalue weighted by molar-refractivity contribution is -0.385. The Balaban J connectivity index is 2.87. The van der Waals surface area contributed by atoms with E-state index in [0.717, 1.165) is 0 Å². The Morgan fingerprint density at radius 2 is 2.19 bits per heavy atom. The SMILES string of the molecule is C=CCCC(NC(=O)c1ccc([N+](=O)[O-])c(C)c1)C(=O)O. The van der Waals surface area contributed by atoms with Gasteiger partial charge in [-0.15, -0.1) is 6.58 Å². The summed E-state index contributed by atoms with van der Waals surface area (Å²) in [5, 5.41) is 22.1. The highest BCUT2D eigenvalue weighted by Crippen LogP contribution is 2.18. The zero-order valence-corrected chi connectivity index (χ0v) is 11.5. The maximum atomic E-state index is 12.0. The van der Waals surface area contributed by atoms with Crippen molar-refractivity contribution < 1.29 is 19.6 Å². The van der Waals surface area contributed by atoms with Gasteiger partial charge in [-0.2, -0.15) is 0 Å². The number of carbonyl (C=O) groups excluding carboxylic acids is 1. The number of rotatable bonds is 7. The molecule has 1 amide bonds. The number of nitro groups is 1. The van der Waals surface area contributed by atoms with Gasteiger partial charge in [-0.25, -0.2) is 4.79 Å². The number of aliphatic carboxylic acids is 1. The van der Waals surface area contributed by atoms with Crippen LogP contribution in [0.3, 0.4) is 0 Å². The molecule has 0 aliphatic rings. The summed E-state index contributed by atoms with van der Waals surface area (Å²) in [6.07, 6.45) is 2.26. The van der Waals surface area contributed by atoms with Crippen LogP contribution in [-0.2, 0) is 4.79 Å². The van der Waals surface area contributed by atoms with Crippen LogP contribution < -0.4 is 5.32 Å². The standard InChI is InChI=1S/C14H16N2O5/c1-3-4-5-11(14(18)19)15-13(17)10-6-7-12(16(20)21)9(2)8-10/h3,6-8,11H,1,4-5H2,2H3,(H,15,17)(H,18,19). The summed E-state index contributed by atoms with van der Waals surface area (Å²) < 4.78 is 0. The van der Waals surface area contributed by atoms with Gasteiger partial charge in [0.25, 0.3) is 11.6 Å². The number of nitrogens with zero attached hydrogens (tertiary/aromatic N) is 1. The van der Waals surface area contributed by atoms with Crippen LogP contribution in [0.5, 0.6) is 0 Å². The molecule has 112 valence electrons. The molecular weight excluding hydrogens is 276 g/mol. The predicted octanol–water partition coefficient (Wildman–Crippen LogP) is 2.05. The fourth-order valence-corrected chi connectivity index (χ4v) is 1.79. The first-order valence-electron chi connectivity index (χ1n) is 6.26. The first-order chi connectivity index (χ1) is 9.86. The Labute approximate surface area is 121 Å². The van der Waals surface area contributed by atoms with Gasteiger partial charge >= 0.3 is 5.97 Å². The first-order valence-corrected chi connectivity index (χ1v) is 6.26. The third-order valence-electron chi connectivity index (χ3n) is 2.92. The fourth-order valence-electron chi connectivity index (χ4n) is 1.79. The van der Waals surface area contributed by atoms with Gasteiger partial charge in [-0.1, -0.05) is 6.08 Å². The molecule has 1 unspecified atom stereocenters. The summed E-state index contributed by atoms with van der Waals surface area (Å²) in [7, 11) is 0. The van der Waals surface area contributed by atoms with E-state index in [2.05, 4.69) is 11.9 Å². The number of allylic oxidation sites excluding steroid dienone is 1. The van der Waals surface area contributed by atoms with Crippen molar-refractivity contribution in [1.82, 2.24) is 5.32 Å². The number of hydrogen-bond acceptors (Lipinski definition) is 4. The monoisotopic (exact) mass is 292 g/mol. The van der Waals surface area contributed by atoms with Gasteiger partial charge in [0.2, 0.25) is 0 Å². The molecule has 1 aromatic rings. The van der Waals surface area contributed by atoms with Crippen LogP contribution in [0.15, 0.2) is 30.9 Å². The third kappa shape index (κ3) is 4.41. The normalized spacial score (nSPS) is 11.5. The molecule has 1 atom stereocenters. The molecule has 21 heavy (non-hydrogen) atoms. The Morgan fingerprint density at radius 3 is 2.67 bits per heavy atom. The molecule has 0 bridgehead atoms. The van der Waals surface area contributed by atoms with Crippen molar-refractivity contribution in [2.75, 3.05) is 0 Å². The maximum Gasteiger partial charge on any atom is 0.326 e. The molecule has 1 aromatic carbocycles. The zero-order chi connectivity index (χ0) is 16.0. The van der Waals surface area contributed by atoms with Crippen LogP contribution >= 0.6 is 0 Å². The second-order valence-corrected chi connectivity index (χ2v) is 4.49. The van der Waals surface area contributed by atoms with Gasteiger partial charge in [0.15, 0.2) is 0 Å². The van der Waals surface area contributed by atoms with E-state index in [0.29, 0.717) is 12.0 Å². The lowest BCUT2D eigenvalue weighted by Gasteiger charge is -2.13. The summed E-state index contributed by atoms with van der Waals surface area (Å²) in [5.41, 5.74) is 0.432. The maximum absolute atomic E-state index is 12.0. The van der Waals surface area contributed by atoms with Crippen LogP contribution in [0.25, 0.3) is 0 Å². The van der Waals surface area contributed by atoms with Gasteiger partial charge in [0.1, 0.15) is 6.04 Å². The van der Waals surface area contributed by atoms with Crippen molar-refractivity contribution in [1.29, 1.82) is 0 Å². The molecule has 2 N–H and O–H groups in total. The topological polar surface area (TPSA) is 110 Å². The van der Waals surface area contributed by atoms with Crippen molar-refractivity contribution in [3.63, 3.8) is 0 Å². The van der Waals surface area contributed by atoms with E-state index in [-0.39, 0.29) is 17.7 Å². The minimum atomic E-state index is -1.14. The van der Waals surface area contributed by atoms with Crippen molar-refractivity contribution in [3.05, 3.63) is 52.1 Å². The molecule has 0 heterocycles. The fraction of sp³-hybridized carbons (Fsp3) is 0.286. The molecular formula is C14H16N2O5. The van der Waals surface area contributed by atoms with Crippen LogP contribution in [0.1, 0.15) is 28.8 Å². The van der Waals surface area contributed by atoms with Gasteiger partial charge in [0.05, 0.1) is 4.92 Å². The van der Waals surface area contributed by atoms with E-state index in [4.69, 9.17) is 5.11 Å². The average molecular weight is 292 g/mol. The predicted molar refractivity (Wildman–Crippen MR) is 76.2 cm³/mol. The van der Waals surface area contributed by atoms with E-state index in [1.807, 2.05) is 0 Å². The van der Waals surface area contributed by atoms with E-state index in [1.165, 1.54) is 25.1 Å². The van der Waals surface area contributed by atoms with E-state index >= 15 is 0 Å². The highest BCUT2D eigenvalue weighted by Gasteiger charge is 2.21. The summed E-state index contributed by atoms with van der Waals surface area (Å²) >= 11 is 0. The smallest absolute Gasteiger partial charge is 0.326 e. The second kappa shape index (κ2) is 7.18. The Morgan fingerprint density at radius 1 is 1.52 bits per heavy atom. The minimum absolute atomic E-state index is 0.0898. The quantitative estimate of drug-likeness (QED) is 0.454. The molecule has 0 aromatic heterocycles. The largest absolute Gasteiger partial charge is 0.480 e. The highest BCUT2D eigenvalue weighted by molar-refractivity contribution is 5.97. The number of benzene rings is 1. The number of hydrogen-bond donors (Lipinski definition) is 2. The van der Waals surface area contributed by atoms with Gasteiger partial charge in [-0.3, -0.25) is 14.9 Å². The lowest BCUT2D eigenvalue weighted by Crippen LogP contribution is -2.40. The lowest BCUT2D eigenvalue weighted by atomic mass is 10.1. The molecule has 0 spiro atoms. The second-order valence-electron chi connectivity index (χ2n) is 4.49. The molecule has 0 fully saturated rings. The molecule has 7 heteroatoms. The van der Waals surface area contributed by atoms with Gasteiger partial charge in [-0.05, 0) is 31.9 Å². The van der Waals surface area contributed by atoms with Crippen LogP contribution in [0.2, 0.25) is 0 Å². The van der Waals surface area contributed by atoms with Crippen LogP contribution in [0, 0.1) is 17.0 Å². The molecule has 0 aliphatic heterocycles. The van der Waals surface area contributed by atoms with Gasteiger partial charge < -0.3 is 10.4 Å². The molecule has 0 aliphatic carbocycles. The molecule has 7 nitrogen and oxygen atoms in total. The number of nitrogens with one attached hydrogen (secondary N) is 1. The average Bonchev–Trinajstić information content (AvgIpc) is 2.42. The number of amides is 1. The molecule has 0 saturated heterocycles. The minimum Gasteiger partial charge on any atom is -0.480 e. The molecule has 1 rings (SSSR count). The first kappa shape index (κ1) is 16.4. The van der Waals surface area contributed by atoms with Crippen molar-refractivity contribution in [2.45, 2.75) is 25.8 Å². The van der Waals surface area contributed by atoms with Crippen LogP contribution in [0.4, 0.5) is 5.69 Å². The highest BCUT2D eigenvalue weighted by atomic mass is 16.6. The summed E-state index contributed by atoms with van der Waals surface area (Å²) in [6.45, 7) is 5.01. The van der Waals surface area contributed by atoms with E-state index < -0.39 is 22.8 Å². The van der Waals surface area contributed by atoms with Crippen LogP contribution in [-0.4, -0.2) is 27.9 Å². The van der Waals surface area contributed by atoms with Crippen molar-refractivity contribution in [3.8, 4) is 0 Å². The molecule has 0 radical (unpaired) electrons. The summed E-state index contributed by atoms with van der Waals surface area (Å²) in [4.78, 5) is 33.2. The van der Waals surface area contributed by atoms with E-state index in [9.17, 15) is 19.7 Å². The number of nitro benzene ring substituents is 1.